The molecule has 1 aromatic heterocycles. The molecule has 3 nitrogen and oxygen atoms in total. The van der Waals surface area contributed by atoms with Gasteiger partial charge in [-0.15, -0.1) is 0 Å². The molecule has 0 spiro atoms. The second-order valence-electron chi connectivity index (χ2n) is 12.7. The molecule has 9 aromatic rings. The van der Waals surface area contributed by atoms with Crippen molar-refractivity contribution in [2.45, 2.75) is 6.42 Å². The molecule has 0 N–H and O–H groups in total. The number of rotatable bonds is 4. The molecule has 1 heterocycles. The molecule has 10 rings (SSSR count). The minimum atomic E-state index is 0.668. The number of fused-ring (bicyclic) bond motifs is 9. The topological polar surface area (TPSA) is 38.7 Å². The molecule has 0 saturated carbocycles. The fraction of sp³-hybridized carbons (Fsp3) is 0.0217. The van der Waals surface area contributed by atoms with E-state index in [4.69, 9.17) is 15.0 Å². The van der Waals surface area contributed by atoms with E-state index in [1.807, 2.05) is 18.2 Å². The summed E-state index contributed by atoms with van der Waals surface area (Å²) in [5, 5.41) is 7.41. The van der Waals surface area contributed by atoms with Crippen molar-refractivity contribution >= 4 is 32.3 Å². The third-order valence-corrected chi connectivity index (χ3v) is 9.99. The lowest BCUT2D eigenvalue weighted by atomic mass is 9.93. The van der Waals surface area contributed by atoms with Gasteiger partial charge < -0.3 is 0 Å². The summed E-state index contributed by atoms with van der Waals surface area (Å²) in [6, 6.07) is 58.1. The maximum absolute atomic E-state index is 5.25. The van der Waals surface area contributed by atoms with Gasteiger partial charge in [-0.25, -0.2) is 15.0 Å². The standard InChI is InChI=1S/C46H29N3/c1-3-13-29(14-4-1)32-21-11-22-37-38-23-12-24-40(43(38)28-42(32)37)46-48-44(30-15-5-2-6-16-30)47-45(49-46)31-25-26-39-35-19-8-7-17-33(35)34-18-9-10-20-36(34)41(39)27-31/h1-27H,28H2. The van der Waals surface area contributed by atoms with Gasteiger partial charge in [0.05, 0.1) is 0 Å². The molecule has 0 saturated heterocycles. The highest BCUT2D eigenvalue weighted by Gasteiger charge is 2.26. The molecule has 0 bridgehead atoms. The van der Waals surface area contributed by atoms with Crippen LogP contribution in [0, 0.1) is 0 Å². The Morgan fingerprint density at radius 1 is 0.286 bits per heavy atom. The quantitative estimate of drug-likeness (QED) is 0.183. The van der Waals surface area contributed by atoms with E-state index < -0.39 is 0 Å². The highest BCUT2D eigenvalue weighted by atomic mass is 15.0. The van der Waals surface area contributed by atoms with Crippen molar-refractivity contribution in [2.75, 3.05) is 0 Å². The fourth-order valence-electron chi connectivity index (χ4n) is 7.72. The number of nitrogens with zero attached hydrogens (tertiary/aromatic N) is 3. The van der Waals surface area contributed by atoms with Crippen LogP contribution in [0.25, 0.3) is 88.7 Å². The number of benzene rings is 8. The lowest BCUT2D eigenvalue weighted by Crippen LogP contribution is -2.02. The molecule has 0 amide bonds. The summed E-state index contributed by atoms with van der Waals surface area (Å²) in [6.45, 7) is 0. The van der Waals surface area contributed by atoms with Crippen molar-refractivity contribution in [3.05, 3.63) is 175 Å². The number of hydrogen-bond acceptors (Lipinski definition) is 3. The monoisotopic (exact) mass is 623 g/mol. The summed E-state index contributed by atoms with van der Waals surface area (Å²) >= 11 is 0. The lowest BCUT2D eigenvalue weighted by molar-refractivity contribution is 1.07. The van der Waals surface area contributed by atoms with Crippen molar-refractivity contribution < 1.29 is 0 Å². The summed E-state index contributed by atoms with van der Waals surface area (Å²) in [5.41, 5.74) is 10.6. The van der Waals surface area contributed by atoms with Crippen LogP contribution in [0.1, 0.15) is 11.1 Å². The predicted molar refractivity (Wildman–Crippen MR) is 202 cm³/mol. The SMILES string of the molecule is c1ccc(-c2nc(-c3ccc4c5ccccc5c5ccccc5c4c3)nc(-c3cccc4c3Cc3c(-c5ccccc5)cccc3-4)n2)cc1. The zero-order valence-electron chi connectivity index (χ0n) is 26.6. The fourth-order valence-corrected chi connectivity index (χ4v) is 7.72. The Labute approximate surface area is 284 Å². The Hall–Kier alpha value is -6.45. The average Bonchev–Trinajstić information content (AvgIpc) is 3.58. The molecule has 1 aliphatic rings. The molecule has 49 heavy (non-hydrogen) atoms. The second kappa shape index (κ2) is 11.1. The van der Waals surface area contributed by atoms with Crippen LogP contribution in [-0.4, -0.2) is 15.0 Å². The maximum atomic E-state index is 5.25. The third kappa shape index (κ3) is 4.47. The van der Waals surface area contributed by atoms with Gasteiger partial charge >= 0.3 is 0 Å². The van der Waals surface area contributed by atoms with Crippen LogP contribution in [0.2, 0.25) is 0 Å². The Balaban J connectivity index is 1.18. The summed E-state index contributed by atoms with van der Waals surface area (Å²) in [5.74, 6) is 2.03. The first kappa shape index (κ1) is 27.6. The zero-order valence-corrected chi connectivity index (χ0v) is 26.6. The second-order valence-corrected chi connectivity index (χ2v) is 12.7. The number of hydrogen-bond donors (Lipinski definition) is 0. The van der Waals surface area contributed by atoms with Gasteiger partial charge in [-0.3, -0.25) is 0 Å². The molecule has 1 aliphatic carbocycles. The molecular weight excluding hydrogens is 595 g/mol. The molecule has 0 fully saturated rings. The highest BCUT2D eigenvalue weighted by molar-refractivity contribution is 6.25. The summed E-state index contributed by atoms with van der Waals surface area (Å²) in [6.07, 6.45) is 0.822. The molecule has 8 aromatic carbocycles. The van der Waals surface area contributed by atoms with Crippen LogP contribution in [0.15, 0.2) is 164 Å². The van der Waals surface area contributed by atoms with Crippen molar-refractivity contribution in [3.8, 4) is 56.4 Å². The summed E-state index contributed by atoms with van der Waals surface area (Å²) < 4.78 is 0. The van der Waals surface area contributed by atoms with Crippen LogP contribution in [0.4, 0.5) is 0 Å². The maximum Gasteiger partial charge on any atom is 0.164 e. The van der Waals surface area contributed by atoms with E-state index >= 15 is 0 Å². The first-order chi connectivity index (χ1) is 24.3. The minimum Gasteiger partial charge on any atom is -0.208 e. The van der Waals surface area contributed by atoms with Crippen LogP contribution in [0.5, 0.6) is 0 Å². The molecule has 0 unspecified atom stereocenters. The molecule has 228 valence electrons. The number of aromatic nitrogens is 3. The van der Waals surface area contributed by atoms with Gasteiger partial charge in [-0.05, 0) is 71.8 Å². The molecule has 3 heteroatoms. The van der Waals surface area contributed by atoms with Gasteiger partial charge in [-0.1, -0.05) is 158 Å². The lowest BCUT2D eigenvalue weighted by Gasteiger charge is -2.13. The Morgan fingerprint density at radius 3 is 1.37 bits per heavy atom. The molecule has 0 atom stereocenters. The molecule has 0 radical (unpaired) electrons. The predicted octanol–water partition coefficient (Wildman–Crippen LogP) is 11.6. The van der Waals surface area contributed by atoms with E-state index in [9.17, 15) is 0 Å². The van der Waals surface area contributed by atoms with Crippen molar-refractivity contribution in [1.29, 1.82) is 0 Å². The van der Waals surface area contributed by atoms with Gasteiger partial charge in [0.25, 0.3) is 0 Å². The van der Waals surface area contributed by atoms with E-state index in [1.54, 1.807) is 0 Å². The van der Waals surface area contributed by atoms with Crippen LogP contribution < -0.4 is 0 Å². The van der Waals surface area contributed by atoms with Gasteiger partial charge in [0.15, 0.2) is 17.5 Å². The van der Waals surface area contributed by atoms with Crippen LogP contribution >= 0.6 is 0 Å². The van der Waals surface area contributed by atoms with Crippen molar-refractivity contribution in [2.24, 2.45) is 0 Å². The Morgan fingerprint density at radius 2 is 0.735 bits per heavy atom. The van der Waals surface area contributed by atoms with E-state index in [0.717, 1.165) is 23.1 Å². The smallest absolute Gasteiger partial charge is 0.164 e. The summed E-state index contributed by atoms with van der Waals surface area (Å²) in [7, 11) is 0. The average molecular weight is 624 g/mol. The Bertz CT molecular complexity index is 2700. The normalized spacial score (nSPS) is 12.0. The van der Waals surface area contributed by atoms with Crippen molar-refractivity contribution in [3.63, 3.8) is 0 Å². The van der Waals surface area contributed by atoms with Crippen LogP contribution in [0.3, 0.4) is 0 Å². The summed E-state index contributed by atoms with van der Waals surface area (Å²) in [4.78, 5) is 15.5. The van der Waals surface area contributed by atoms with Gasteiger partial charge in [0, 0.05) is 23.1 Å². The zero-order chi connectivity index (χ0) is 32.3. The third-order valence-electron chi connectivity index (χ3n) is 9.99. The first-order valence-electron chi connectivity index (χ1n) is 16.8. The van der Waals surface area contributed by atoms with Gasteiger partial charge in [-0.2, -0.15) is 0 Å². The van der Waals surface area contributed by atoms with E-state index in [2.05, 4.69) is 146 Å². The Kier molecular flexibility index (Phi) is 6.25. The van der Waals surface area contributed by atoms with Crippen molar-refractivity contribution in [1.82, 2.24) is 15.0 Å². The van der Waals surface area contributed by atoms with Gasteiger partial charge in [0.1, 0.15) is 0 Å². The largest absolute Gasteiger partial charge is 0.208 e. The van der Waals surface area contributed by atoms with Gasteiger partial charge in [0.2, 0.25) is 0 Å². The van der Waals surface area contributed by atoms with Crippen LogP contribution in [-0.2, 0) is 6.42 Å². The first-order valence-corrected chi connectivity index (χ1v) is 16.8. The van der Waals surface area contributed by atoms with E-state index in [1.165, 1.54) is 65.7 Å². The minimum absolute atomic E-state index is 0.668. The molecular formula is C46H29N3. The molecule has 0 aliphatic heterocycles. The van der Waals surface area contributed by atoms with E-state index in [-0.39, 0.29) is 0 Å². The van der Waals surface area contributed by atoms with E-state index in [0.29, 0.717) is 17.5 Å². The highest BCUT2D eigenvalue weighted by Crippen LogP contribution is 2.45.